The summed E-state index contributed by atoms with van der Waals surface area (Å²) in [5, 5.41) is 0. The zero-order valence-electron chi connectivity index (χ0n) is 6.22. The van der Waals surface area contributed by atoms with Crippen molar-refractivity contribution in [3.05, 3.63) is 29.8 Å². The molecule has 1 N–H and O–H groups in total. The molecule has 0 bridgehead atoms. The molecule has 1 aromatic carbocycles. The Morgan fingerprint density at radius 1 is 1.20 bits per heavy atom. The van der Waals surface area contributed by atoms with Gasteiger partial charge in [0.1, 0.15) is 0 Å². The summed E-state index contributed by atoms with van der Waals surface area (Å²) in [5.41, 5.74) is 1.24. The molecule has 0 saturated heterocycles. The van der Waals surface area contributed by atoms with Crippen molar-refractivity contribution in [3.63, 3.8) is 0 Å². The quantitative estimate of drug-likeness (QED) is 0.500. The molecule has 0 atom stereocenters. The molecular formula is C7H8KNS+. The molecule has 0 saturated carbocycles. The normalized spacial score (nSPS) is 8.10. The van der Waals surface area contributed by atoms with Gasteiger partial charge in [0.2, 0.25) is 0 Å². The molecule has 1 radical (unpaired) electrons. The van der Waals surface area contributed by atoms with E-state index < -0.39 is 0 Å². The van der Waals surface area contributed by atoms with Gasteiger partial charge in [0.05, 0.1) is 0 Å². The number of rotatable bonds is 1. The summed E-state index contributed by atoms with van der Waals surface area (Å²) in [4.78, 5) is 1.00. The van der Waals surface area contributed by atoms with Crippen LogP contribution >= 0.6 is 0 Å². The number of benzene rings is 1. The van der Waals surface area contributed by atoms with Crippen molar-refractivity contribution in [1.82, 2.24) is 0 Å². The molecular weight excluding hydrogens is 169 g/mol. The van der Waals surface area contributed by atoms with Gasteiger partial charge in [-0.3, -0.25) is 0 Å². The van der Waals surface area contributed by atoms with Gasteiger partial charge in [-0.15, -0.1) is 0 Å². The van der Waals surface area contributed by atoms with Crippen LogP contribution in [0.5, 0.6) is 0 Å². The first kappa shape index (κ1) is 10.9. The van der Waals surface area contributed by atoms with Gasteiger partial charge < -0.3 is 0 Å². The maximum absolute atomic E-state index is 6.93. The van der Waals surface area contributed by atoms with E-state index in [4.69, 9.17) is 4.78 Å². The van der Waals surface area contributed by atoms with Crippen molar-refractivity contribution in [3.8, 4) is 0 Å². The minimum Gasteiger partial charge on any atom is -0.0536 e. The minimum absolute atomic E-state index is 0. The molecule has 0 unspecified atom stereocenters. The zero-order valence-corrected chi connectivity index (χ0v) is 10.2. The molecule has 10 heavy (non-hydrogen) atoms. The second-order valence-corrected chi connectivity index (χ2v) is 2.59. The summed E-state index contributed by atoms with van der Waals surface area (Å²) < 4.78 is 6.93. The summed E-state index contributed by atoms with van der Waals surface area (Å²) in [7, 11) is 0. The fourth-order valence-electron chi connectivity index (χ4n) is 0.606. The van der Waals surface area contributed by atoms with Gasteiger partial charge >= 0.3 is 11.6 Å². The Bertz CT molecular complexity index is 207. The molecule has 47 valence electrons. The van der Waals surface area contributed by atoms with E-state index in [-0.39, 0.29) is 51.4 Å². The minimum atomic E-state index is 0. The van der Waals surface area contributed by atoms with Crippen LogP contribution in [0, 0.1) is 11.7 Å². The van der Waals surface area contributed by atoms with E-state index in [1.807, 2.05) is 31.2 Å². The number of aryl methyl sites for hydroxylation is 1. The first-order valence-corrected chi connectivity index (χ1v) is 3.55. The monoisotopic (exact) mass is 177 g/mol. The number of hydrogen-bond acceptors (Lipinski definition) is 1. The predicted octanol–water partition coefficient (Wildman–Crippen LogP) is 1.82. The molecule has 0 spiro atoms. The van der Waals surface area contributed by atoms with Crippen LogP contribution in [0.3, 0.4) is 0 Å². The molecule has 1 aromatic rings. The molecule has 1 nitrogen and oxygen atoms in total. The summed E-state index contributed by atoms with van der Waals surface area (Å²) in [5.74, 6) is 0. The Morgan fingerprint density at radius 2 is 1.70 bits per heavy atom. The molecule has 1 rings (SSSR count). The molecule has 0 aliphatic carbocycles. The van der Waals surface area contributed by atoms with E-state index in [0.717, 1.165) is 16.5 Å². The smallest absolute Gasteiger partial charge is 0.0536 e. The van der Waals surface area contributed by atoms with Crippen LogP contribution in [-0.2, 0) is 11.6 Å². The topological polar surface area (TPSA) is 23.9 Å². The molecule has 0 fully saturated rings. The van der Waals surface area contributed by atoms with Gasteiger partial charge in [-0.1, -0.05) is 17.7 Å². The summed E-state index contributed by atoms with van der Waals surface area (Å²) in [6.45, 7) is 2.04. The van der Waals surface area contributed by atoms with Crippen molar-refractivity contribution in [2.75, 3.05) is 0 Å². The second kappa shape index (κ2) is 5.52. The first-order chi connectivity index (χ1) is 4.33. The maximum Gasteiger partial charge on any atom is 0.354 e. The third kappa shape index (κ3) is 3.32. The van der Waals surface area contributed by atoms with Crippen LogP contribution in [0.25, 0.3) is 0 Å². The van der Waals surface area contributed by atoms with Gasteiger partial charge in [0.15, 0.2) is 0 Å². The summed E-state index contributed by atoms with van der Waals surface area (Å²) in [6.07, 6.45) is 0. The van der Waals surface area contributed by atoms with Crippen LogP contribution in [-0.4, -0.2) is 51.4 Å². The van der Waals surface area contributed by atoms with Gasteiger partial charge in [0.25, 0.3) is 4.90 Å². The Morgan fingerprint density at radius 3 is 2.10 bits per heavy atom. The Kier molecular flexibility index (Phi) is 6.00. The predicted molar refractivity (Wildman–Crippen MR) is 45.3 cm³/mol. The van der Waals surface area contributed by atoms with E-state index in [2.05, 4.69) is 0 Å². The van der Waals surface area contributed by atoms with Gasteiger partial charge in [-0.05, 0) is 11.7 Å². The van der Waals surface area contributed by atoms with E-state index in [9.17, 15) is 0 Å². The number of nitrogens with one attached hydrogen (secondary N) is 1. The third-order valence-electron chi connectivity index (χ3n) is 1.14. The molecule has 0 heterocycles. The summed E-state index contributed by atoms with van der Waals surface area (Å²) >= 11 is 1.03. The average Bonchev–Trinajstić information content (AvgIpc) is 1.90. The SMILES string of the molecule is Cc1ccc([S+]=N)cc1.[K]. The number of hydrogen-bond donors (Lipinski definition) is 1. The van der Waals surface area contributed by atoms with E-state index in [0.29, 0.717) is 0 Å². The average molecular weight is 177 g/mol. The van der Waals surface area contributed by atoms with Gasteiger partial charge in [-0.2, -0.15) is 0 Å². The van der Waals surface area contributed by atoms with E-state index in [1.54, 1.807) is 0 Å². The van der Waals surface area contributed by atoms with Crippen LogP contribution in [0.15, 0.2) is 29.2 Å². The molecule has 0 aliphatic heterocycles. The zero-order chi connectivity index (χ0) is 6.69. The van der Waals surface area contributed by atoms with E-state index in [1.165, 1.54) is 5.56 Å². The van der Waals surface area contributed by atoms with Gasteiger partial charge in [-0.25, -0.2) is 0 Å². The van der Waals surface area contributed by atoms with Gasteiger partial charge in [0, 0.05) is 63.5 Å². The maximum atomic E-state index is 6.93. The summed E-state index contributed by atoms with van der Waals surface area (Å²) in [6, 6.07) is 7.92. The van der Waals surface area contributed by atoms with Crippen molar-refractivity contribution in [2.24, 2.45) is 0 Å². The van der Waals surface area contributed by atoms with Crippen LogP contribution in [0.2, 0.25) is 0 Å². The van der Waals surface area contributed by atoms with Crippen LogP contribution in [0.4, 0.5) is 0 Å². The fourth-order valence-corrected chi connectivity index (χ4v) is 0.878. The largest absolute Gasteiger partial charge is 0.354 e. The van der Waals surface area contributed by atoms with Crippen molar-refractivity contribution in [2.45, 2.75) is 11.8 Å². The van der Waals surface area contributed by atoms with Crippen molar-refractivity contribution >= 4 is 62.9 Å². The molecule has 0 aliphatic rings. The molecule has 0 amide bonds. The Labute approximate surface area is 108 Å². The van der Waals surface area contributed by atoms with Crippen LogP contribution < -0.4 is 0 Å². The third-order valence-corrected chi connectivity index (χ3v) is 1.65. The molecule has 3 heteroatoms. The van der Waals surface area contributed by atoms with Crippen molar-refractivity contribution in [1.29, 1.82) is 4.78 Å². The standard InChI is InChI=1S/C7H8NS.K/c1-6-2-4-7(9-8)5-3-6;/h2-5,8H,1H3;/q+1;. The van der Waals surface area contributed by atoms with Crippen molar-refractivity contribution < 1.29 is 0 Å². The Hall–Kier alpha value is 0.876. The second-order valence-electron chi connectivity index (χ2n) is 1.92. The first-order valence-electron chi connectivity index (χ1n) is 2.73. The molecule has 0 aromatic heterocycles. The Balaban J connectivity index is 0.000000810. The van der Waals surface area contributed by atoms with E-state index >= 15 is 0 Å². The fraction of sp³-hybridized carbons (Fsp3) is 0.143. The van der Waals surface area contributed by atoms with Crippen LogP contribution in [0.1, 0.15) is 5.56 Å².